The SMILES string of the molecule is CC(=O)OC(CC(C(C)C)N(C)C(=O)CCC1CC1)c1nc(C(=O)N[C@@H](Cc2ncc(C)cn2)CC(C)C(=O)O)cs1. The summed E-state index contributed by atoms with van der Waals surface area (Å²) < 4.78 is 5.65. The molecule has 1 aliphatic carbocycles. The van der Waals surface area contributed by atoms with Gasteiger partial charge in [-0.3, -0.25) is 19.2 Å². The van der Waals surface area contributed by atoms with Crippen LogP contribution in [0.15, 0.2) is 17.8 Å². The third-order valence-electron chi connectivity index (χ3n) is 7.58. The van der Waals surface area contributed by atoms with Crippen LogP contribution in [0.5, 0.6) is 0 Å². The lowest BCUT2D eigenvalue weighted by atomic mass is 9.96. The van der Waals surface area contributed by atoms with E-state index in [1.807, 2.05) is 20.8 Å². The Morgan fingerprint density at radius 3 is 2.38 bits per heavy atom. The quantitative estimate of drug-likeness (QED) is 0.267. The number of hydrogen-bond donors (Lipinski definition) is 2. The smallest absolute Gasteiger partial charge is 0.306 e. The van der Waals surface area contributed by atoms with Gasteiger partial charge in [-0.05, 0) is 37.2 Å². The van der Waals surface area contributed by atoms with Gasteiger partial charge in [-0.15, -0.1) is 11.3 Å². The van der Waals surface area contributed by atoms with Crippen molar-refractivity contribution in [3.8, 4) is 0 Å². The van der Waals surface area contributed by atoms with Crippen molar-refractivity contribution in [2.75, 3.05) is 7.05 Å². The normalized spacial score (nSPS) is 15.9. The van der Waals surface area contributed by atoms with Crippen LogP contribution >= 0.6 is 11.3 Å². The molecule has 42 heavy (non-hydrogen) atoms. The molecular weight excluding hydrogens is 558 g/mol. The van der Waals surface area contributed by atoms with Crippen molar-refractivity contribution in [1.29, 1.82) is 0 Å². The highest BCUT2D eigenvalue weighted by molar-refractivity contribution is 7.09. The molecule has 2 N–H and O–H groups in total. The van der Waals surface area contributed by atoms with E-state index in [-0.39, 0.29) is 36.4 Å². The van der Waals surface area contributed by atoms with Crippen LogP contribution in [0.25, 0.3) is 0 Å². The molecule has 3 unspecified atom stereocenters. The number of ether oxygens (including phenoxy) is 1. The van der Waals surface area contributed by atoms with Gasteiger partial charge in [0.05, 0.1) is 5.92 Å². The summed E-state index contributed by atoms with van der Waals surface area (Å²) >= 11 is 1.20. The first-order chi connectivity index (χ1) is 19.8. The van der Waals surface area contributed by atoms with E-state index < -0.39 is 35.9 Å². The maximum absolute atomic E-state index is 13.3. The maximum Gasteiger partial charge on any atom is 0.306 e. The van der Waals surface area contributed by atoms with Crippen LogP contribution < -0.4 is 5.32 Å². The number of aliphatic carboxylic acids is 1. The first-order valence-electron chi connectivity index (χ1n) is 14.5. The minimum absolute atomic E-state index is 0.0700. The second kappa shape index (κ2) is 15.2. The summed E-state index contributed by atoms with van der Waals surface area (Å²) in [5, 5.41) is 14.4. The molecule has 0 bridgehead atoms. The van der Waals surface area contributed by atoms with Crippen molar-refractivity contribution in [2.45, 2.75) is 97.8 Å². The van der Waals surface area contributed by atoms with E-state index in [9.17, 15) is 24.3 Å². The first kappa shape index (κ1) is 33.1. The van der Waals surface area contributed by atoms with Crippen molar-refractivity contribution in [2.24, 2.45) is 17.8 Å². The molecule has 1 saturated carbocycles. The number of nitrogens with zero attached hydrogens (tertiary/aromatic N) is 4. The minimum Gasteiger partial charge on any atom is -0.481 e. The van der Waals surface area contributed by atoms with Crippen LogP contribution in [0.1, 0.15) is 99.2 Å². The Hall–Kier alpha value is -3.41. The largest absolute Gasteiger partial charge is 0.481 e. The molecule has 11 nitrogen and oxygen atoms in total. The summed E-state index contributed by atoms with van der Waals surface area (Å²) in [5.74, 6) is -1.29. The lowest BCUT2D eigenvalue weighted by Crippen LogP contribution is -2.41. The highest BCUT2D eigenvalue weighted by Gasteiger charge is 2.32. The molecule has 2 aromatic heterocycles. The second-order valence-electron chi connectivity index (χ2n) is 11.7. The molecular formula is C30H43N5O6S. The van der Waals surface area contributed by atoms with Gasteiger partial charge in [-0.1, -0.05) is 33.6 Å². The van der Waals surface area contributed by atoms with Gasteiger partial charge in [0, 0.05) is 63.1 Å². The van der Waals surface area contributed by atoms with Gasteiger partial charge in [0.15, 0.2) is 6.10 Å². The minimum atomic E-state index is -0.963. The van der Waals surface area contributed by atoms with Crippen molar-refractivity contribution in [1.82, 2.24) is 25.2 Å². The Morgan fingerprint density at radius 1 is 1.14 bits per heavy atom. The zero-order valence-electron chi connectivity index (χ0n) is 25.3. The van der Waals surface area contributed by atoms with Gasteiger partial charge in [-0.25, -0.2) is 15.0 Å². The molecule has 2 amide bonds. The average Bonchev–Trinajstić information content (AvgIpc) is 3.62. The van der Waals surface area contributed by atoms with Gasteiger partial charge >= 0.3 is 11.9 Å². The molecule has 2 heterocycles. The predicted molar refractivity (Wildman–Crippen MR) is 158 cm³/mol. The lowest BCUT2D eigenvalue weighted by molar-refractivity contribution is -0.148. The molecule has 0 spiro atoms. The Bertz CT molecular complexity index is 1230. The standard InChI is InChI=1S/C30H43N5O6S/c1-17(2)24(35(6)27(37)10-9-21-7-8-21)13-25(41-20(5)36)29-34-23(16-42-29)28(38)33-22(11-19(4)30(39)40)12-26-31-14-18(3)15-32-26/h14-17,19,21-22,24-25H,7-13H2,1-6H3,(H,33,38)(H,39,40)/t19?,22-,24?,25?/m1/s1. The van der Waals surface area contributed by atoms with Crippen molar-refractivity contribution in [3.63, 3.8) is 0 Å². The van der Waals surface area contributed by atoms with E-state index in [0.717, 1.165) is 12.0 Å². The van der Waals surface area contributed by atoms with Crippen molar-refractivity contribution in [3.05, 3.63) is 39.9 Å². The molecule has 12 heteroatoms. The molecule has 0 aliphatic heterocycles. The molecule has 0 saturated heterocycles. The number of carboxylic acid groups (broad SMARTS) is 1. The lowest BCUT2D eigenvalue weighted by Gasteiger charge is -2.33. The number of esters is 1. The first-order valence-corrected chi connectivity index (χ1v) is 15.4. The van der Waals surface area contributed by atoms with Crippen LogP contribution in [0.4, 0.5) is 0 Å². The summed E-state index contributed by atoms with van der Waals surface area (Å²) in [6, 6.07) is -0.736. The van der Waals surface area contributed by atoms with Crippen LogP contribution in [-0.2, 0) is 25.5 Å². The van der Waals surface area contributed by atoms with Crippen molar-refractivity contribution < 1.29 is 29.0 Å². The number of rotatable bonds is 16. The van der Waals surface area contributed by atoms with Crippen molar-refractivity contribution >= 4 is 35.1 Å². The fraction of sp³-hybridized carbons (Fsp3) is 0.633. The van der Waals surface area contributed by atoms with E-state index in [1.54, 1.807) is 36.6 Å². The van der Waals surface area contributed by atoms with Crippen LogP contribution in [0.2, 0.25) is 0 Å². The summed E-state index contributed by atoms with van der Waals surface area (Å²) in [4.78, 5) is 64.6. The zero-order valence-corrected chi connectivity index (χ0v) is 26.1. The Labute approximate surface area is 251 Å². The summed E-state index contributed by atoms with van der Waals surface area (Å²) in [6.07, 6.45) is 7.18. The monoisotopic (exact) mass is 601 g/mol. The van der Waals surface area contributed by atoms with Crippen LogP contribution in [-0.4, -0.2) is 67.8 Å². The molecule has 2 aromatic rings. The molecule has 4 atom stereocenters. The van der Waals surface area contributed by atoms with E-state index in [4.69, 9.17) is 4.74 Å². The number of carboxylic acids is 1. The number of carbonyl (C=O) groups is 4. The average molecular weight is 602 g/mol. The van der Waals surface area contributed by atoms with Gasteiger partial charge in [-0.2, -0.15) is 0 Å². The van der Waals surface area contributed by atoms with E-state index in [2.05, 4.69) is 20.3 Å². The third kappa shape index (κ3) is 10.1. The summed E-state index contributed by atoms with van der Waals surface area (Å²) in [7, 11) is 1.79. The number of aromatic nitrogens is 3. The van der Waals surface area contributed by atoms with Crippen LogP contribution in [0, 0.1) is 24.7 Å². The Balaban J connectivity index is 1.74. The van der Waals surface area contributed by atoms with E-state index in [1.165, 1.54) is 31.1 Å². The number of hydrogen-bond acceptors (Lipinski definition) is 9. The van der Waals surface area contributed by atoms with E-state index >= 15 is 0 Å². The Morgan fingerprint density at radius 2 is 1.81 bits per heavy atom. The van der Waals surface area contributed by atoms with Gasteiger partial charge in [0.25, 0.3) is 5.91 Å². The fourth-order valence-corrected chi connectivity index (χ4v) is 5.70. The number of aryl methyl sites for hydroxylation is 1. The molecule has 1 fully saturated rings. The van der Waals surface area contributed by atoms with Gasteiger partial charge in [0.2, 0.25) is 5.91 Å². The zero-order chi connectivity index (χ0) is 31.0. The number of nitrogens with one attached hydrogen (secondary N) is 1. The molecule has 0 aromatic carbocycles. The predicted octanol–water partition coefficient (Wildman–Crippen LogP) is 4.36. The Kier molecular flexibility index (Phi) is 12.0. The molecule has 0 radical (unpaired) electrons. The summed E-state index contributed by atoms with van der Waals surface area (Å²) in [5.41, 5.74) is 1.03. The molecule has 230 valence electrons. The summed E-state index contributed by atoms with van der Waals surface area (Å²) in [6.45, 7) is 8.83. The highest BCUT2D eigenvalue weighted by Crippen LogP contribution is 2.34. The molecule has 1 aliphatic rings. The fourth-order valence-electron chi connectivity index (χ4n) is 4.86. The van der Waals surface area contributed by atoms with Gasteiger partial charge < -0.3 is 20.1 Å². The van der Waals surface area contributed by atoms with E-state index in [0.29, 0.717) is 29.6 Å². The number of carbonyl (C=O) groups excluding carboxylic acids is 3. The second-order valence-corrected chi connectivity index (χ2v) is 12.6. The molecule has 3 rings (SSSR count). The topological polar surface area (TPSA) is 152 Å². The maximum atomic E-state index is 13.3. The highest BCUT2D eigenvalue weighted by atomic mass is 32.1. The number of thiazole rings is 1. The van der Waals surface area contributed by atoms with Gasteiger partial charge in [0.1, 0.15) is 16.5 Å². The van der Waals surface area contributed by atoms with Crippen LogP contribution in [0.3, 0.4) is 0 Å². The third-order valence-corrected chi connectivity index (χ3v) is 8.51. The number of amides is 2.